The van der Waals surface area contributed by atoms with Crippen molar-refractivity contribution in [3.63, 3.8) is 0 Å². The molecule has 1 fully saturated rings. The maximum Gasteiger partial charge on any atom is 0.130 e. The smallest absolute Gasteiger partial charge is 0.130 e. The van der Waals surface area contributed by atoms with Crippen LogP contribution in [0.3, 0.4) is 0 Å². The van der Waals surface area contributed by atoms with E-state index in [0.717, 1.165) is 24.6 Å². The summed E-state index contributed by atoms with van der Waals surface area (Å²) < 4.78 is 8.68. The van der Waals surface area contributed by atoms with Gasteiger partial charge in [-0.15, -0.1) is 0 Å². The minimum absolute atomic E-state index is 0.385. The maximum atomic E-state index is 5.81. The number of hydrogen-bond acceptors (Lipinski definition) is 5. The molecule has 5 heteroatoms. The Morgan fingerprint density at radius 1 is 1.17 bits per heavy atom. The summed E-state index contributed by atoms with van der Waals surface area (Å²) in [5, 5.41) is 0. The Morgan fingerprint density at radius 3 is 2.57 bits per heavy atom. The van der Waals surface area contributed by atoms with Crippen molar-refractivity contribution >= 4 is 23.7 Å². The number of benzene rings is 1. The Labute approximate surface area is 147 Å². The molecule has 2 aromatic rings. The van der Waals surface area contributed by atoms with E-state index in [4.69, 9.17) is 4.74 Å². The molecular weight excluding hydrogens is 324 g/mol. The average Bonchev–Trinajstić information content (AvgIpc) is 2.58. The second kappa shape index (κ2) is 7.60. The molecule has 1 aromatic heterocycles. The molecule has 122 valence electrons. The van der Waals surface area contributed by atoms with E-state index >= 15 is 0 Å². The van der Waals surface area contributed by atoms with E-state index in [-0.39, 0.29) is 0 Å². The summed E-state index contributed by atoms with van der Waals surface area (Å²) in [6.07, 6.45) is 4.69. The molecule has 1 saturated heterocycles. The van der Waals surface area contributed by atoms with Crippen LogP contribution in [0.2, 0.25) is 0 Å². The van der Waals surface area contributed by atoms with Crippen LogP contribution in [0.4, 0.5) is 0 Å². The van der Waals surface area contributed by atoms with Crippen molar-refractivity contribution in [2.24, 2.45) is 0 Å². The normalized spacial score (nSPS) is 22.0. The zero-order valence-electron chi connectivity index (χ0n) is 13.6. The van der Waals surface area contributed by atoms with Crippen molar-refractivity contribution in [3.8, 4) is 11.5 Å². The van der Waals surface area contributed by atoms with E-state index in [1.54, 1.807) is 12.4 Å². The lowest BCUT2D eigenvalue weighted by Gasteiger charge is -2.38. The van der Waals surface area contributed by atoms with Gasteiger partial charge in [-0.05, 0) is 61.7 Å². The van der Waals surface area contributed by atoms with E-state index in [2.05, 4.69) is 47.0 Å². The highest BCUT2D eigenvalue weighted by Crippen LogP contribution is 2.37. The molecule has 0 amide bonds. The minimum Gasteiger partial charge on any atom is -0.457 e. The van der Waals surface area contributed by atoms with Crippen LogP contribution < -0.4 is 4.74 Å². The van der Waals surface area contributed by atoms with Crippen LogP contribution in [0, 0.1) is 0 Å². The third-order valence-electron chi connectivity index (χ3n) is 3.99. The molecule has 0 radical (unpaired) electrons. The zero-order valence-corrected chi connectivity index (χ0v) is 15.2. The van der Waals surface area contributed by atoms with Gasteiger partial charge in [0.1, 0.15) is 11.5 Å². The largest absolute Gasteiger partial charge is 0.457 e. The number of pyridine rings is 1. The first kappa shape index (κ1) is 16.7. The van der Waals surface area contributed by atoms with Gasteiger partial charge < -0.3 is 4.74 Å². The van der Waals surface area contributed by atoms with Crippen molar-refractivity contribution in [3.05, 3.63) is 48.8 Å². The predicted molar refractivity (Wildman–Crippen MR) is 99.3 cm³/mol. The van der Waals surface area contributed by atoms with Gasteiger partial charge >= 0.3 is 0 Å². The van der Waals surface area contributed by atoms with Crippen LogP contribution in [0.15, 0.2) is 53.7 Å². The van der Waals surface area contributed by atoms with E-state index in [1.165, 1.54) is 17.1 Å². The highest BCUT2D eigenvalue weighted by atomic mass is 32.2. The SMILES string of the molecule is CCC1(C)CN(Sc2ccc(Oc3ccncc3)cc2)CCS1. The highest BCUT2D eigenvalue weighted by molar-refractivity contribution is 8.01. The third kappa shape index (κ3) is 4.66. The Morgan fingerprint density at radius 2 is 1.87 bits per heavy atom. The number of aromatic nitrogens is 1. The fourth-order valence-corrected chi connectivity index (χ4v) is 4.98. The monoisotopic (exact) mass is 346 g/mol. The van der Waals surface area contributed by atoms with E-state index in [1.807, 2.05) is 36.2 Å². The summed E-state index contributed by atoms with van der Waals surface area (Å²) in [7, 11) is 0. The fourth-order valence-electron chi connectivity index (χ4n) is 2.44. The molecule has 1 atom stereocenters. The molecule has 0 aliphatic carbocycles. The molecule has 1 aliphatic rings. The lowest BCUT2D eigenvalue weighted by molar-refractivity contribution is 0.409. The highest BCUT2D eigenvalue weighted by Gasteiger charge is 2.30. The second-order valence-corrected chi connectivity index (χ2v) is 8.72. The molecule has 3 nitrogen and oxygen atoms in total. The number of rotatable bonds is 5. The van der Waals surface area contributed by atoms with E-state index < -0.39 is 0 Å². The Hall–Kier alpha value is -1.17. The van der Waals surface area contributed by atoms with Gasteiger partial charge in [-0.2, -0.15) is 11.8 Å². The molecule has 1 aromatic carbocycles. The van der Waals surface area contributed by atoms with E-state index in [0.29, 0.717) is 4.75 Å². The summed E-state index contributed by atoms with van der Waals surface area (Å²) in [5.41, 5.74) is 0. The number of ether oxygens (including phenoxy) is 1. The van der Waals surface area contributed by atoms with Gasteiger partial charge in [0.2, 0.25) is 0 Å². The summed E-state index contributed by atoms with van der Waals surface area (Å²) >= 11 is 3.96. The Kier molecular flexibility index (Phi) is 5.51. The Bertz CT molecular complexity index is 621. The van der Waals surface area contributed by atoms with Gasteiger partial charge in [0.25, 0.3) is 0 Å². The van der Waals surface area contributed by atoms with Crippen molar-refractivity contribution in [2.45, 2.75) is 29.9 Å². The first-order chi connectivity index (χ1) is 11.2. The summed E-state index contributed by atoms with van der Waals surface area (Å²) in [6, 6.07) is 12.0. The van der Waals surface area contributed by atoms with Gasteiger partial charge in [-0.3, -0.25) is 4.98 Å². The van der Waals surface area contributed by atoms with Crippen molar-refractivity contribution in [2.75, 3.05) is 18.8 Å². The first-order valence-electron chi connectivity index (χ1n) is 7.92. The Balaban J connectivity index is 1.59. The molecule has 0 saturated carbocycles. The quantitative estimate of drug-likeness (QED) is 0.702. The minimum atomic E-state index is 0.385. The lowest BCUT2D eigenvalue weighted by atomic mass is 10.1. The van der Waals surface area contributed by atoms with Crippen molar-refractivity contribution in [1.82, 2.24) is 9.29 Å². The molecule has 23 heavy (non-hydrogen) atoms. The van der Waals surface area contributed by atoms with Crippen LogP contribution in [-0.4, -0.2) is 32.9 Å². The van der Waals surface area contributed by atoms with E-state index in [9.17, 15) is 0 Å². The zero-order chi connectivity index (χ0) is 16.1. The van der Waals surface area contributed by atoms with Gasteiger partial charge in [0.05, 0.1) is 0 Å². The summed E-state index contributed by atoms with van der Waals surface area (Å²) in [6.45, 7) is 6.93. The molecule has 3 rings (SSSR count). The summed E-state index contributed by atoms with van der Waals surface area (Å²) in [5.74, 6) is 2.88. The molecular formula is C18H22N2OS2. The van der Waals surface area contributed by atoms with Gasteiger partial charge in [-0.1, -0.05) is 6.92 Å². The molecule has 1 aliphatic heterocycles. The maximum absolute atomic E-state index is 5.81. The van der Waals surface area contributed by atoms with Crippen LogP contribution in [0.1, 0.15) is 20.3 Å². The van der Waals surface area contributed by atoms with Crippen molar-refractivity contribution < 1.29 is 4.74 Å². The fraction of sp³-hybridized carbons (Fsp3) is 0.389. The van der Waals surface area contributed by atoms with Crippen molar-refractivity contribution in [1.29, 1.82) is 0 Å². The van der Waals surface area contributed by atoms with Crippen LogP contribution in [0.25, 0.3) is 0 Å². The number of hydrogen-bond donors (Lipinski definition) is 0. The molecule has 0 spiro atoms. The van der Waals surface area contributed by atoms with Crippen LogP contribution >= 0.6 is 23.7 Å². The van der Waals surface area contributed by atoms with Gasteiger partial charge in [0.15, 0.2) is 0 Å². The standard InChI is InChI=1S/C18H22N2OS2/c1-3-18(2)14-20(12-13-22-18)23-17-6-4-15(5-7-17)21-16-8-10-19-11-9-16/h4-11H,3,12-14H2,1-2H3. The van der Waals surface area contributed by atoms with Gasteiger partial charge in [-0.25, -0.2) is 4.31 Å². The molecule has 2 heterocycles. The number of nitrogens with zero attached hydrogens (tertiary/aromatic N) is 2. The predicted octanol–water partition coefficient (Wildman–Crippen LogP) is 5.10. The average molecular weight is 347 g/mol. The topological polar surface area (TPSA) is 25.4 Å². The molecule has 0 N–H and O–H groups in total. The van der Waals surface area contributed by atoms with Crippen LogP contribution in [0.5, 0.6) is 11.5 Å². The lowest BCUT2D eigenvalue weighted by Crippen LogP contribution is -2.40. The molecule has 1 unspecified atom stereocenters. The van der Waals surface area contributed by atoms with Crippen LogP contribution in [-0.2, 0) is 0 Å². The number of thioether (sulfide) groups is 1. The second-order valence-electron chi connectivity index (χ2n) is 5.86. The first-order valence-corrected chi connectivity index (χ1v) is 9.68. The third-order valence-corrected chi connectivity index (χ3v) is 6.55. The summed E-state index contributed by atoms with van der Waals surface area (Å²) in [4.78, 5) is 5.26. The molecule has 0 bridgehead atoms. The van der Waals surface area contributed by atoms with Gasteiger partial charge in [0, 0.05) is 40.9 Å².